The van der Waals surface area contributed by atoms with Crippen LogP contribution in [0.25, 0.3) is 11.5 Å². The van der Waals surface area contributed by atoms with Crippen LogP contribution in [0.2, 0.25) is 0 Å². The summed E-state index contributed by atoms with van der Waals surface area (Å²) in [6, 6.07) is 11.5. The molecule has 0 atom stereocenters. The predicted molar refractivity (Wildman–Crippen MR) is 71.9 cm³/mol. The molecule has 0 saturated heterocycles. The Morgan fingerprint density at radius 3 is 2.86 bits per heavy atom. The molecule has 0 fully saturated rings. The second-order valence-corrected chi connectivity index (χ2v) is 4.28. The smallest absolute Gasteiger partial charge is 0.335 e. The van der Waals surface area contributed by atoms with Gasteiger partial charge in [-0.25, -0.2) is 4.79 Å². The molecule has 2 aromatic heterocycles. The van der Waals surface area contributed by atoms with Gasteiger partial charge in [-0.2, -0.15) is 0 Å². The van der Waals surface area contributed by atoms with Crippen LogP contribution in [-0.2, 0) is 6.61 Å². The quantitative estimate of drug-likeness (QED) is 0.774. The van der Waals surface area contributed by atoms with Crippen molar-refractivity contribution in [1.82, 2.24) is 5.16 Å². The molecule has 1 N–H and O–H groups in total. The second kappa shape index (κ2) is 5.54. The fourth-order valence-electron chi connectivity index (χ4n) is 1.79. The van der Waals surface area contributed by atoms with Crippen molar-refractivity contribution in [3.8, 4) is 17.3 Å². The summed E-state index contributed by atoms with van der Waals surface area (Å²) in [6.45, 7) is 0.174. The van der Waals surface area contributed by atoms with Crippen molar-refractivity contribution in [2.24, 2.45) is 0 Å². The van der Waals surface area contributed by atoms with Crippen molar-refractivity contribution in [3.05, 3.63) is 60.0 Å². The topological polar surface area (TPSA) is 85.7 Å². The lowest BCUT2D eigenvalue weighted by Crippen LogP contribution is -1.99. The first kappa shape index (κ1) is 13.0. The van der Waals surface area contributed by atoms with E-state index in [0.29, 0.717) is 23.0 Å². The number of aromatic nitrogens is 1. The number of carboxylic acids is 1. The number of furan rings is 1. The van der Waals surface area contributed by atoms with E-state index in [9.17, 15) is 4.79 Å². The van der Waals surface area contributed by atoms with E-state index < -0.39 is 5.97 Å². The van der Waals surface area contributed by atoms with E-state index in [2.05, 4.69) is 5.16 Å². The van der Waals surface area contributed by atoms with Gasteiger partial charge in [0, 0.05) is 6.07 Å². The van der Waals surface area contributed by atoms with Gasteiger partial charge in [-0.05, 0) is 30.3 Å². The third kappa shape index (κ3) is 2.94. The van der Waals surface area contributed by atoms with Gasteiger partial charge in [0.05, 0.1) is 11.8 Å². The molecule has 6 nitrogen and oxygen atoms in total. The molecule has 6 heteroatoms. The number of nitrogens with zero attached hydrogens (tertiary/aromatic N) is 1. The van der Waals surface area contributed by atoms with Crippen molar-refractivity contribution in [3.63, 3.8) is 0 Å². The van der Waals surface area contributed by atoms with Crippen LogP contribution in [0.3, 0.4) is 0 Å². The van der Waals surface area contributed by atoms with E-state index in [1.165, 1.54) is 12.1 Å². The summed E-state index contributed by atoms with van der Waals surface area (Å²) in [5.41, 5.74) is 0.756. The Morgan fingerprint density at radius 2 is 2.10 bits per heavy atom. The van der Waals surface area contributed by atoms with Crippen LogP contribution in [0.1, 0.15) is 16.1 Å². The Hall–Kier alpha value is -3.02. The van der Waals surface area contributed by atoms with Crippen molar-refractivity contribution < 1.29 is 23.6 Å². The second-order valence-electron chi connectivity index (χ2n) is 4.28. The molecule has 3 aromatic rings. The number of carbonyl (C=O) groups is 1. The highest BCUT2D eigenvalue weighted by molar-refractivity contribution is 5.87. The van der Waals surface area contributed by atoms with Gasteiger partial charge in [0.2, 0.25) is 5.76 Å². The SMILES string of the molecule is O=C(O)c1cccc(OCc2cc(-c3ccco3)on2)c1. The predicted octanol–water partition coefficient (Wildman–Crippen LogP) is 3.21. The van der Waals surface area contributed by atoms with Crippen molar-refractivity contribution in [2.75, 3.05) is 0 Å². The maximum absolute atomic E-state index is 10.9. The van der Waals surface area contributed by atoms with Crippen LogP contribution < -0.4 is 4.74 Å². The molecule has 3 rings (SSSR count). The number of carboxylic acid groups (broad SMARTS) is 1. The minimum Gasteiger partial charge on any atom is -0.487 e. The molecule has 0 bridgehead atoms. The van der Waals surface area contributed by atoms with Gasteiger partial charge in [-0.15, -0.1) is 0 Å². The maximum atomic E-state index is 10.9. The van der Waals surface area contributed by atoms with Gasteiger partial charge in [-0.1, -0.05) is 11.2 Å². The summed E-state index contributed by atoms with van der Waals surface area (Å²) in [5, 5.41) is 12.8. The number of benzene rings is 1. The van der Waals surface area contributed by atoms with Gasteiger partial charge < -0.3 is 18.8 Å². The number of hydrogen-bond acceptors (Lipinski definition) is 5. The number of hydrogen-bond donors (Lipinski definition) is 1. The summed E-state index contributed by atoms with van der Waals surface area (Å²) in [6.07, 6.45) is 1.55. The summed E-state index contributed by atoms with van der Waals surface area (Å²) in [4.78, 5) is 10.9. The first-order valence-corrected chi connectivity index (χ1v) is 6.18. The van der Waals surface area contributed by atoms with Crippen LogP contribution in [0.15, 0.2) is 57.7 Å². The fraction of sp³-hybridized carbons (Fsp3) is 0.0667. The summed E-state index contributed by atoms with van der Waals surface area (Å²) in [7, 11) is 0. The Kier molecular flexibility index (Phi) is 3.42. The van der Waals surface area contributed by atoms with Crippen molar-refractivity contribution in [1.29, 1.82) is 0 Å². The Morgan fingerprint density at radius 1 is 1.19 bits per heavy atom. The van der Waals surface area contributed by atoms with E-state index in [4.69, 9.17) is 18.8 Å². The molecule has 0 aliphatic rings. The molecule has 21 heavy (non-hydrogen) atoms. The molecule has 0 amide bonds. The standard InChI is InChI=1S/C15H11NO5/c17-15(18)10-3-1-4-12(7-10)20-9-11-8-14(21-16-11)13-5-2-6-19-13/h1-8H,9H2,(H,17,18). The zero-order chi connectivity index (χ0) is 14.7. The minimum atomic E-state index is -0.998. The van der Waals surface area contributed by atoms with Gasteiger partial charge in [-0.3, -0.25) is 0 Å². The van der Waals surface area contributed by atoms with E-state index in [1.54, 1.807) is 36.6 Å². The number of ether oxygens (including phenoxy) is 1. The zero-order valence-corrected chi connectivity index (χ0v) is 10.9. The largest absolute Gasteiger partial charge is 0.487 e. The number of aromatic carboxylic acids is 1. The molecule has 0 aliphatic heterocycles. The Bertz CT molecular complexity index is 745. The van der Waals surface area contributed by atoms with E-state index in [1.807, 2.05) is 0 Å². The van der Waals surface area contributed by atoms with Gasteiger partial charge in [0.25, 0.3) is 0 Å². The summed E-state index contributed by atoms with van der Waals surface area (Å²) in [5.74, 6) is 0.555. The highest BCUT2D eigenvalue weighted by atomic mass is 16.5. The van der Waals surface area contributed by atoms with Crippen molar-refractivity contribution in [2.45, 2.75) is 6.61 Å². The lowest BCUT2D eigenvalue weighted by atomic mass is 10.2. The third-order valence-corrected chi connectivity index (χ3v) is 2.79. The highest BCUT2D eigenvalue weighted by Gasteiger charge is 2.10. The van der Waals surface area contributed by atoms with E-state index in [0.717, 1.165) is 0 Å². The maximum Gasteiger partial charge on any atom is 0.335 e. The summed E-state index contributed by atoms with van der Waals surface area (Å²) < 4.78 is 15.8. The molecule has 0 spiro atoms. The van der Waals surface area contributed by atoms with E-state index in [-0.39, 0.29) is 12.2 Å². The molecule has 0 saturated carbocycles. The third-order valence-electron chi connectivity index (χ3n) is 2.79. The monoisotopic (exact) mass is 285 g/mol. The molecule has 1 aromatic carbocycles. The van der Waals surface area contributed by atoms with Gasteiger partial charge >= 0.3 is 5.97 Å². The number of rotatable bonds is 5. The van der Waals surface area contributed by atoms with Crippen LogP contribution >= 0.6 is 0 Å². The van der Waals surface area contributed by atoms with Gasteiger partial charge in [0.1, 0.15) is 18.1 Å². The first-order chi connectivity index (χ1) is 10.2. The lowest BCUT2D eigenvalue weighted by molar-refractivity contribution is 0.0696. The van der Waals surface area contributed by atoms with Crippen LogP contribution in [0.5, 0.6) is 5.75 Å². The van der Waals surface area contributed by atoms with Crippen LogP contribution in [0, 0.1) is 0 Å². The van der Waals surface area contributed by atoms with Crippen LogP contribution in [0.4, 0.5) is 0 Å². The molecular weight excluding hydrogens is 274 g/mol. The Balaban J connectivity index is 1.68. The van der Waals surface area contributed by atoms with Crippen molar-refractivity contribution >= 4 is 5.97 Å². The normalized spacial score (nSPS) is 10.5. The molecule has 0 unspecified atom stereocenters. The molecule has 0 radical (unpaired) electrons. The zero-order valence-electron chi connectivity index (χ0n) is 10.9. The first-order valence-electron chi connectivity index (χ1n) is 6.18. The van der Waals surface area contributed by atoms with Gasteiger partial charge in [0.15, 0.2) is 5.76 Å². The average molecular weight is 285 g/mol. The Labute approximate surface area is 119 Å². The minimum absolute atomic E-state index is 0.170. The van der Waals surface area contributed by atoms with Crippen LogP contribution in [-0.4, -0.2) is 16.2 Å². The fourth-order valence-corrected chi connectivity index (χ4v) is 1.79. The highest BCUT2D eigenvalue weighted by Crippen LogP contribution is 2.21. The molecule has 0 aliphatic carbocycles. The average Bonchev–Trinajstić information content (AvgIpc) is 3.16. The van der Waals surface area contributed by atoms with E-state index >= 15 is 0 Å². The molecular formula is C15H11NO5. The summed E-state index contributed by atoms with van der Waals surface area (Å²) >= 11 is 0. The molecule has 2 heterocycles. The lowest BCUT2D eigenvalue weighted by Gasteiger charge is -2.04. The molecule has 106 valence electrons.